The van der Waals surface area contributed by atoms with Crippen LogP contribution in [0.4, 0.5) is 23.2 Å². The third kappa shape index (κ3) is 2.17. The molecule has 2 bridgehead atoms. The molecule has 6 heteroatoms. The number of halogens is 4. The summed E-state index contributed by atoms with van der Waals surface area (Å²) in [7, 11) is 0. The number of aromatic nitrogens is 1. The first kappa shape index (κ1) is 12.7. The summed E-state index contributed by atoms with van der Waals surface area (Å²) >= 11 is 0. The van der Waals surface area contributed by atoms with Crippen molar-refractivity contribution in [3.05, 3.63) is 24.3 Å². The molecule has 0 N–H and O–H groups in total. The van der Waals surface area contributed by atoms with E-state index in [0.717, 1.165) is 6.20 Å². The van der Waals surface area contributed by atoms with Gasteiger partial charge in [0.15, 0.2) is 5.82 Å². The van der Waals surface area contributed by atoms with Crippen molar-refractivity contribution in [1.29, 1.82) is 0 Å². The summed E-state index contributed by atoms with van der Waals surface area (Å²) in [4.78, 5) is 5.52. The zero-order valence-electron chi connectivity index (χ0n) is 10.2. The molecule has 19 heavy (non-hydrogen) atoms. The number of anilines is 1. The molecule has 0 amide bonds. The van der Waals surface area contributed by atoms with Gasteiger partial charge in [0.05, 0.1) is 17.8 Å². The van der Waals surface area contributed by atoms with Crippen molar-refractivity contribution in [1.82, 2.24) is 4.98 Å². The van der Waals surface area contributed by atoms with Gasteiger partial charge in [-0.05, 0) is 31.7 Å². The predicted molar refractivity (Wildman–Crippen MR) is 62.3 cm³/mol. The molecule has 2 atom stereocenters. The zero-order valence-corrected chi connectivity index (χ0v) is 10.2. The summed E-state index contributed by atoms with van der Waals surface area (Å²) in [6, 6.07) is 1.14. The van der Waals surface area contributed by atoms with Crippen molar-refractivity contribution < 1.29 is 17.6 Å². The molecule has 0 aromatic carbocycles. The van der Waals surface area contributed by atoms with Gasteiger partial charge in [-0.25, -0.2) is 4.39 Å². The van der Waals surface area contributed by atoms with Crippen LogP contribution in [-0.2, 0) is 0 Å². The topological polar surface area (TPSA) is 16.1 Å². The summed E-state index contributed by atoms with van der Waals surface area (Å²) in [5, 5.41) is 0. The maximum Gasteiger partial charge on any atom is 0.391 e. The van der Waals surface area contributed by atoms with Crippen LogP contribution in [0.3, 0.4) is 0 Å². The van der Waals surface area contributed by atoms with Crippen LogP contribution in [0, 0.1) is 11.7 Å². The van der Waals surface area contributed by atoms with Crippen LogP contribution in [0.1, 0.15) is 25.7 Å². The smallest absolute Gasteiger partial charge is 0.363 e. The average Bonchev–Trinajstić information content (AvgIpc) is 2.59. The second-order valence-corrected chi connectivity index (χ2v) is 5.33. The van der Waals surface area contributed by atoms with E-state index in [-0.39, 0.29) is 24.9 Å². The number of piperidine rings is 1. The Labute approximate surface area is 108 Å². The second kappa shape index (κ2) is 4.35. The van der Waals surface area contributed by atoms with Gasteiger partial charge < -0.3 is 4.90 Å². The van der Waals surface area contributed by atoms with Gasteiger partial charge in [-0.2, -0.15) is 13.2 Å². The van der Waals surface area contributed by atoms with Gasteiger partial charge >= 0.3 is 6.18 Å². The summed E-state index contributed by atoms with van der Waals surface area (Å²) in [5.74, 6) is -1.70. The minimum Gasteiger partial charge on any atom is -0.363 e. The second-order valence-electron chi connectivity index (χ2n) is 5.33. The molecule has 1 aromatic heterocycles. The number of hydrogen-bond acceptors (Lipinski definition) is 2. The molecular weight excluding hydrogens is 260 g/mol. The molecule has 2 saturated heterocycles. The van der Waals surface area contributed by atoms with E-state index in [1.54, 1.807) is 6.07 Å². The molecule has 2 aliphatic heterocycles. The van der Waals surface area contributed by atoms with Crippen molar-refractivity contribution in [3.8, 4) is 0 Å². The molecule has 2 aliphatic rings. The van der Waals surface area contributed by atoms with E-state index < -0.39 is 17.9 Å². The number of hydrogen-bond donors (Lipinski definition) is 0. The Balaban J connectivity index is 1.86. The number of rotatable bonds is 1. The van der Waals surface area contributed by atoms with Gasteiger partial charge in [0.25, 0.3) is 0 Å². The average molecular weight is 274 g/mol. The molecule has 0 radical (unpaired) electrons. The molecule has 0 spiro atoms. The molecule has 2 unspecified atom stereocenters. The quantitative estimate of drug-likeness (QED) is 0.728. The minimum atomic E-state index is -4.14. The lowest BCUT2D eigenvalue weighted by molar-refractivity contribution is -0.182. The lowest BCUT2D eigenvalue weighted by Crippen LogP contribution is -2.46. The first-order chi connectivity index (χ1) is 8.97. The van der Waals surface area contributed by atoms with Crippen LogP contribution in [0.5, 0.6) is 0 Å². The highest BCUT2D eigenvalue weighted by Gasteiger charge is 2.50. The number of fused-ring (bicyclic) bond motifs is 2. The number of alkyl halides is 3. The van der Waals surface area contributed by atoms with E-state index >= 15 is 0 Å². The van der Waals surface area contributed by atoms with E-state index in [4.69, 9.17) is 0 Å². The zero-order chi connectivity index (χ0) is 13.6. The molecule has 1 aromatic rings. The molecular formula is C13H14F4N2. The van der Waals surface area contributed by atoms with Crippen LogP contribution in [-0.4, -0.2) is 23.2 Å². The Morgan fingerprint density at radius 1 is 1.16 bits per heavy atom. The summed E-state index contributed by atoms with van der Waals surface area (Å²) < 4.78 is 52.2. The fraction of sp³-hybridized carbons (Fsp3) is 0.615. The molecule has 2 fully saturated rings. The summed E-state index contributed by atoms with van der Waals surface area (Å²) in [5.41, 5.74) is 0.392. The van der Waals surface area contributed by atoms with Crippen LogP contribution < -0.4 is 4.90 Å². The number of pyridine rings is 1. The largest absolute Gasteiger partial charge is 0.391 e. The van der Waals surface area contributed by atoms with E-state index in [1.807, 2.05) is 4.90 Å². The molecule has 3 heterocycles. The standard InChI is InChI=1S/C13H14F4N2/c14-11-7-18-4-3-12(11)19-9-1-2-10(19)6-8(5-9)13(15,16)17/h3-4,7-10H,1-2,5-6H2. The van der Waals surface area contributed by atoms with Crippen LogP contribution in [0.15, 0.2) is 18.5 Å². The molecule has 3 rings (SSSR count). The molecule has 2 nitrogen and oxygen atoms in total. The highest BCUT2D eigenvalue weighted by molar-refractivity contribution is 5.50. The maximum atomic E-state index is 13.8. The number of nitrogens with zero attached hydrogens (tertiary/aromatic N) is 2. The Bertz CT molecular complexity index is 460. The van der Waals surface area contributed by atoms with Gasteiger partial charge in [-0.1, -0.05) is 0 Å². The van der Waals surface area contributed by atoms with Crippen LogP contribution in [0.25, 0.3) is 0 Å². The van der Waals surface area contributed by atoms with E-state index in [9.17, 15) is 17.6 Å². The molecule has 0 saturated carbocycles. The molecule has 0 aliphatic carbocycles. The minimum absolute atomic E-state index is 0.0712. The monoisotopic (exact) mass is 274 g/mol. The van der Waals surface area contributed by atoms with Crippen molar-refractivity contribution in [2.24, 2.45) is 5.92 Å². The van der Waals surface area contributed by atoms with E-state index in [1.165, 1.54) is 6.20 Å². The third-order valence-corrected chi connectivity index (χ3v) is 4.23. The predicted octanol–water partition coefficient (Wildman–Crippen LogP) is 3.53. The first-order valence-corrected chi connectivity index (χ1v) is 6.41. The van der Waals surface area contributed by atoms with Gasteiger partial charge in [0.2, 0.25) is 0 Å². The summed E-state index contributed by atoms with van der Waals surface area (Å²) in [6.45, 7) is 0. The Hall–Kier alpha value is -1.33. The van der Waals surface area contributed by atoms with Crippen LogP contribution in [0.2, 0.25) is 0 Å². The fourth-order valence-electron chi connectivity index (χ4n) is 3.41. The third-order valence-electron chi connectivity index (χ3n) is 4.23. The van der Waals surface area contributed by atoms with E-state index in [0.29, 0.717) is 18.5 Å². The highest BCUT2D eigenvalue weighted by atomic mass is 19.4. The van der Waals surface area contributed by atoms with Crippen molar-refractivity contribution in [2.45, 2.75) is 43.9 Å². The highest BCUT2D eigenvalue weighted by Crippen LogP contribution is 2.47. The SMILES string of the molecule is Fc1cnccc1N1C2CCC1CC(C(F)(F)F)C2. The maximum absolute atomic E-state index is 13.8. The first-order valence-electron chi connectivity index (χ1n) is 6.41. The Kier molecular flexibility index (Phi) is 2.91. The van der Waals surface area contributed by atoms with Gasteiger partial charge in [0.1, 0.15) is 0 Å². The van der Waals surface area contributed by atoms with Gasteiger partial charge in [-0.15, -0.1) is 0 Å². The Morgan fingerprint density at radius 2 is 1.79 bits per heavy atom. The summed E-state index contributed by atoms with van der Waals surface area (Å²) in [6.07, 6.45) is 0.0174. The van der Waals surface area contributed by atoms with E-state index in [2.05, 4.69) is 4.98 Å². The van der Waals surface area contributed by atoms with Crippen molar-refractivity contribution in [3.63, 3.8) is 0 Å². The lowest BCUT2D eigenvalue weighted by Gasteiger charge is -2.41. The van der Waals surface area contributed by atoms with Gasteiger partial charge in [-0.3, -0.25) is 4.98 Å². The fourth-order valence-corrected chi connectivity index (χ4v) is 3.41. The normalized spacial score (nSPS) is 30.7. The van der Waals surface area contributed by atoms with Gasteiger partial charge in [0, 0.05) is 18.3 Å². The molecule has 104 valence electrons. The Morgan fingerprint density at radius 3 is 2.32 bits per heavy atom. The lowest BCUT2D eigenvalue weighted by atomic mass is 9.90. The van der Waals surface area contributed by atoms with Crippen molar-refractivity contribution >= 4 is 5.69 Å². The van der Waals surface area contributed by atoms with Crippen LogP contribution >= 0.6 is 0 Å². The van der Waals surface area contributed by atoms with Crippen molar-refractivity contribution in [2.75, 3.05) is 4.90 Å².